The fourth-order valence-electron chi connectivity index (χ4n) is 0.619. The molecule has 0 fully saturated rings. The highest BCUT2D eigenvalue weighted by atomic mass is 14.8. The van der Waals surface area contributed by atoms with Gasteiger partial charge in [0.05, 0.1) is 5.84 Å². The zero-order chi connectivity index (χ0) is 7.28. The van der Waals surface area contributed by atoms with Crippen molar-refractivity contribution in [3.8, 4) is 0 Å². The molecule has 0 radical (unpaired) electrons. The Balaban J connectivity index is 3.90. The lowest BCUT2D eigenvalue weighted by Gasteiger charge is -1.90. The van der Waals surface area contributed by atoms with Crippen LogP contribution in [0.15, 0.2) is 16.8 Å². The van der Waals surface area contributed by atoms with Crippen molar-refractivity contribution in [3.05, 3.63) is 11.8 Å². The first kappa shape index (κ1) is 8.21. The van der Waals surface area contributed by atoms with E-state index in [1.54, 1.807) is 6.92 Å². The van der Waals surface area contributed by atoms with Crippen LogP contribution in [0.2, 0.25) is 0 Å². The van der Waals surface area contributed by atoms with E-state index in [-0.39, 0.29) is 0 Å². The molecule has 0 amide bonds. The van der Waals surface area contributed by atoms with Crippen LogP contribution in [0.1, 0.15) is 27.2 Å². The van der Waals surface area contributed by atoms with Crippen LogP contribution in [-0.2, 0) is 0 Å². The zero-order valence-electron chi connectivity index (χ0n) is 6.31. The molecule has 2 heteroatoms. The highest BCUT2D eigenvalue weighted by molar-refractivity contribution is 5.78. The third-order valence-corrected chi connectivity index (χ3v) is 0.852. The predicted octanol–water partition coefficient (Wildman–Crippen LogP) is 1.68. The molecular weight excluding hydrogens is 112 g/mol. The third-order valence-electron chi connectivity index (χ3n) is 0.852. The van der Waals surface area contributed by atoms with Gasteiger partial charge in [-0.25, -0.2) is 4.99 Å². The zero-order valence-corrected chi connectivity index (χ0v) is 6.31. The molecule has 0 spiro atoms. The molecule has 0 heterocycles. The molecular formula is C7H14N2. The highest BCUT2D eigenvalue weighted by Gasteiger charge is 1.80. The van der Waals surface area contributed by atoms with Crippen molar-refractivity contribution >= 4 is 5.84 Å². The molecule has 0 aliphatic heterocycles. The Labute approximate surface area is 56.5 Å². The molecule has 0 bridgehead atoms. The monoisotopic (exact) mass is 126 g/mol. The average Bonchev–Trinajstić information content (AvgIpc) is 1.63. The lowest BCUT2D eigenvalue weighted by molar-refractivity contribution is 1.15. The van der Waals surface area contributed by atoms with Crippen molar-refractivity contribution in [2.45, 2.75) is 27.2 Å². The van der Waals surface area contributed by atoms with Crippen molar-refractivity contribution in [1.82, 2.24) is 0 Å². The molecule has 52 valence electrons. The minimum atomic E-state index is 0.622. The summed E-state index contributed by atoms with van der Waals surface area (Å²) < 4.78 is 0. The van der Waals surface area contributed by atoms with Crippen LogP contribution in [0.25, 0.3) is 0 Å². The van der Waals surface area contributed by atoms with Crippen LogP contribution in [0, 0.1) is 0 Å². The van der Waals surface area contributed by atoms with E-state index < -0.39 is 0 Å². The molecule has 0 aromatic heterocycles. The van der Waals surface area contributed by atoms with Crippen LogP contribution < -0.4 is 5.73 Å². The van der Waals surface area contributed by atoms with E-state index in [0.29, 0.717) is 5.84 Å². The van der Waals surface area contributed by atoms with Gasteiger partial charge in [0, 0.05) is 5.70 Å². The smallest absolute Gasteiger partial charge is 0.0960 e. The second kappa shape index (κ2) is 4.13. The van der Waals surface area contributed by atoms with Crippen molar-refractivity contribution in [2.75, 3.05) is 0 Å². The summed E-state index contributed by atoms with van der Waals surface area (Å²) in [5.74, 6) is 0.622. The van der Waals surface area contributed by atoms with Crippen LogP contribution >= 0.6 is 0 Å². The summed E-state index contributed by atoms with van der Waals surface area (Å²) >= 11 is 0. The number of nitrogens with two attached hydrogens (primary N) is 1. The van der Waals surface area contributed by atoms with Crippen molar-refractivity contribution < 1.29 is 0 Å². The molecule has 9 heavy (non-hydrogen) atoms. The summed E-state index contributed by atoms with van der Waals surface area (Å²) in [6.07, 6.45) is 3.05. The average molecular weight is 126 g/mol. The fourth-order valence-corrected chi connectivity index (χ4v) is 0.619. The predicted molar refractivity (Wildman–Crippen MR) is 41.3 cm³/mol. The van der Waals surface area contributed by atoms with E-state index in [4.69, 9.17) is 5.73 Å². The molecule has 2 nitrogen and oxygen atoms in total. The first-order valence-corrected chi connectivity index (χ1v) is 3.14. The number of rotatable bonds is 2. The molecule has 0 aliphatic rings. The van der Waals surface area contributed by atoms with Crippen LogP contribution in [0.3, 0.4) is 0 Å². The number of amidine groups is 1. The van der Waals surface area contributed by atoms with Crippen molar-refractivity contribution in [2.24, 2.45) is 10.7 Å². The van der Waals surface area contributed by atoms with E-state index in [9.17, 15) is 0 Å². The maximum atomic E-state index is 5.33. The Morgan fingerprint density at radius 2 is 2.11 bits per heavy atom. The molecule has 0 aromatic carbocycles. The second-order valence-corrected chi connectivity index (χ2v) is 2.01. The lowest BCUT2D eigenvalue weighted by atomic mass is 10.4. The Morgan fingerprint density at radius 3 is 2.44 bits per heavy atom. The standard InChI is InChI=1S/C7H14N2/c1-4-5-6(2)9-7(3)8/h5H,4H2,1-3H3,(H2,8,9)/b6-5-. The maximum Gasteiger partial charge on any atom is 0.0960 e. The number of allylic oxidation sites excluding steroid dienone is 2. The van der Waals surface area contributed by atoms with Gasteiger partial charge in [0.15, 0.2) is 0 Å². The molecule has 0 saturated carbocycles. The Kier molecular flexibility index (Phi) is 3.76. The van der Waals surface area contributed by atoms with Gasteiger partial charge < -0.3 is 5.73 Å². The molecule has 0 unspecified atom stereocenters. The first-order valence-electron chi connectivity index (χ1n) is 3.14. The van der Waals surface area contributed by atoms with Crippen molar-refractivity contribution in [1.29, 1.82) is 0 Å². The third kappa shape index (κ3) is 5.07. The number of aliphatic imine (C=N–C) groups is 1. The van der Waals surface area contributed by atoms with E-state index in [1.165, 1.54) is 0 Å². The minimum absolute atomic E-state index is 0.622. The molecule has 0 aromatic rings. The molecule has 0 atom stereocenters. The van der Waals surface area contributed by atoms with Crippen LogP contribution in [0.4, 0.5) is 0 Å². The molecule has 0 rings (SSSR count). The van der Waals surface area contributed by atoms with Gasteiger partial charge >= 0.3 is 0 Å². The number of nitrogens with zero attached hydrogens (tertiary/aromatic N) is 1. The Morgan fingerprint density at radius 1 is 1.56 bits per heavy atom. The second-order valence-electron chi connectivity index (χ2n) is 2.01. The Bertz CT molecular complexity index is 130. The molecule has 2 N–H and O–H groups in total. The number of hydrogen-bond acceptors (Lipinski definition) is 1. The van der Waals surface area contributed by atoms with E-state index in [2.05, 4.69) is 11.9 Å². The van der Waals surface area contributed by atoms with E-state index in [1.807, 2.05) is 13.0 Å². The summed E-state index contributed by atoms with van der Waals surface area (Å²) in [7, 11) is 0. The topological polar surface area (TPSA) is 38.4 Å². The minimum Gasteiger partial charge on any atom is -0.387 e. The summed E-state index contributed by atoms with van der Waals surface area (Å²) in [5, 5.41) is 0. The van der Waals surface area contributed by atoms with Gasteiger partial charge in [0.25, 0.3) is 0 Å². The summed E-state index contributed by atoms with van der Waals surface area (Å²) in [4.78, 5) is 4.02. The van der Waals surface area contributed by atoms with Gasteiger partial charge in [-0.2, -0.15) is 0 Å². The van der Waals surface area contributed by atoms with Crippen LogP contribution in [0.5, 0.6) is 0 Å². The quantitative estimate of drug-likeness (QED) is 0.443. The lowest BCUT2D eigenvalue weighted by Crippen LogP contribution is -2.04. The summed E-state index contributed by atoms with van der Waals surface area (Å²) in [6.45, 7) is 5.80. The van der Waals surface area contributed by atoms with Crippen molar-refractivity contribution in [3.63, 3.8) is 0 Å². The van der Waals surface area contributed by atoms with Crippen LogP contribution in [-0.4, -0.2) is 5.84 Å². The van der Waals surface area contributed by atoms with Gasteiger partial charge in [-0.15, -0.1) is 0 Å². The largest absolute Gasteiger partial charge is 0.387 e. The van der Waals surface area contributed by atoms with E-state index in [0.717, 1.165) is 12.1 Å². The molecule has 0 aliphatic carbocycles. The van der Waals surface area contributed by atoms with Gasteiger partial charge in [0.2, 0.25) is 0 Å². The Hall–Kier alpha value is -0.790. The molecule has 0 saturated heterocycles. The summed E-state index contributed by atoms with van der Waals surface area (Å²) in [6, 6.07) is 0. The van der Waals surface area contributed by atoms with Gasteiger partial charge in [0.1, 0.15) is 0 Å². The van der Waals surface area contributed by atoms with E-state index >= 15 is 0 Å². The first-order chi connectivity index (χ1) is 4.16. The maximum absolute atomic E-state index is 5.33. The SMILES string of the molecule is CC/C=C(/C)N=C(C)N. The summed E-state index contributed by atoms with van der Waals surface area (Å²) in [5.41, 5.74) is 6.33. The van der Waals surface area contributed by atoms with Gasteiger partial charge in [-0.1, -0.05) is 13.0 Å². The van der Waals surface area contributed by atoms with Gasteiger partial charge in [-0.3, -0.25) is 0 Å². The fraction of sp³-hybridized carbons (Fsp3) is 0.571. The highest BCUT2D eigenvalue weighted by Crippen LogP contribution is 1.95. The normalized spacial score (nSPS) is 14.1. The number of hydrogen-bond donors (Lipinski definition) is 1. The van der Waals surface area contributed by atoms with Gasteiger partial charge in [-0.05, 0) is 20.3 Å².